The van der Waals surface area contributed by atoms with Crippen molar-refractivity contribution in [3.8, 4) is 5.75 Å². The number of hydrogen-bond acceptors (Lipinski definition) is 4. The highest BCUT2D eigenvalue weighted by Crippen LogP contribution is 2.47. The Morgan fingerprint density at radius 2 is 1.96 bits per heavy atom. The van der Waals surface area contributed by atoms with Crippen LogP contribution in [-0.4, -0.2) is 21.4 Å². The number of aromatic amines is 1. The van der Waals surface area contributed by atoms with Crippen molar-refractivity contribution >= 4 is 23.5 Å². The summed E-state index contributed by atoms with van der Waals surface area (Å²) in [7, 11) is 0. The number of thioether (sulfide) groups is 1. The van der Waals surface area contributed by atoms with Gasteiger partial charge in [-0.15, -0.1) is 11.8 Å². The van der Waals surface area contributed by atoms with Crippen molar-refractivity contribution < 1.29 is 9.53 Å². The van der Waals surface area contributed by atoms with E-state index < -0.39 is 0 Å². The SMILES string of the molecule is Cc1cccc(COc2ccccc2C2SC(C)C(=O)Nc3n[nH]c(C)c32)c1. The predicted molar refractivity (Wildman–Crippen MR) is 113 cm³/mol. The van der Waals surface area contributed by atoms with Crippen LogP contribution in [0.5, 0.6) is 5.75 Å². The number of ether oxygens (including phenoxy) is 1. The molecule has 144 valence electrons. The number of benzene rings is 2. The first-order valence-electron chi connectivity index (χ1n) is 9.31. The Labute approximate surface area is 168 Å². The first-order valence-corrected chi connectivity index (χ1v) is 10.3. The van der Waals surface area contributed by atoms with Crippen molar-refractivity contribution in [2.24, 2.45) is 0 Å². The summed E-state index contributed by atoms with van der Waals surface area (Å²) in [6, 6.07) is 16.4. The molecule has 0 aliphatic carbocycles. The second-order valence-corrected chi connectivity index (χ2v) is 8.52. The minimum Gasteiger partial charge on any atom is -0.489 e. The lowest BCUT2D eigenvalue weighted by Crippen LogP contribution is -2.21. The van der Waals surface area contributed by atoms with Gasteiger partial charge < -0.3 is 10.1 Å². The molecule has 3 aromatic rings. The van der Waals surface area contributed by atoms with Gasteiger partial charge in [0.05, 0.1) is 10.5 Å². The number of aryl methyl sites for hydroxylation is 2. The van der Waals surface area contributed by atoms with Crippen LogP contribution in [0.1, 0.15) is 40.1 Å². The molecule has 28 heavy (non-hydrogen) atoms. The summed E-state index contributed by atoms with van der Waals surface area (Å²) in [5.41, 5.74) is 5.36. The van der Waals surface area contributed by atoms with Crippen LogP contribution in [0.2, 0.25) is 0 Å². The van der Waals surface area contributed by atoms with E-state index in [-0.39, 0.29) is 16.4 Å². The number of rotatable bonds is 4. The number of hydrogen-bond donors (Lipinski definition) is 2. The molecular formula is C22H23N3O2S. The molecule has 2 heterocycles. The van der Waals surface area contributed by atoms with Gasteiger partial charge in [0.25, 0.3) is 0 Å². The number of carbonyl (C=O) groups is 1. The van der Waals surface area contributed by atoms with E-state index in [0.717, 1.165) is 28.1 Å². The van der Waals surface area contributed by atoms with Crippen LogP contribution < -0.4 is 10.1 Å². The number of anilines is 1. The van der Waals surface area contributed by atoms with E-state index in [1.807, 2.05) is 38.1 Å². The Balaban J connectivity index is 1.69. The maximum atomic E-state index is 12.4. The largest absolute Gasteiger partial charge is 0.489 e. The van der Waals surface area contributed by atoms with Crippen LogP contribution in [0.4, 0.5) is 5.82 Å². The number of amides is 1. The molecule has 0 spiro atoms. The van der Waals surface area contributed by atoms with E-state index >= 15 is 0 Å². The molecule has 0 fully saturated rings. The van der Waals surface area contributed by atoms with E-state index in [1.165, 1.54) is 5.56 Å². The molecule has 0 radical (unpaired) electrons. The maximum Gasteiger partial charge on any atom is 0.238 e. The van der Waals surface area contributed by atoms with Crippen LogP contribution in [0.3, 0.4) is 0 Å². The van der Waals surface area contributed by atoms with Crippen molar-refractivity contribution in [2.45, 2.75) is 37.9 Å². The molecule has 2 N–H and O–H groups in total. The average molecular weight is 394 g/mol. The zero-order chi connectivity index (χ0) is 19.7. The van der Waals surface area contributed by atoms with Crippen LogP contribution >= 0.6 is 11.8 Å². The number of fused-ring (bicyclic) bond motifs is 1. The quantitative estimate of drug-likeness (QED) is 0.670. The fourth-order valence-corrected chi connectivity index (χ4v) is 4.78. The molecule has 1 aliphatic heterocycles. The molecule has 2 unspecified atom stereocenters. The summed E-state index contributed by atoms with van der Waals surface area (Å²) >= 11 is 1.62. The molecule has 0 bridgehead atoms. The van der Waals surface area contributed by atoms with Gasteiger partial charge in [-0.05, 0) is 32.4 Å². The maximum absolute atomic E-state index is 12.4. The zero-order valence-electron chi connectivity index (χ0n) is 16.2. The molecule has 1 aromatic heterocycles. The molecule has 1 amide bonds. The van der Waals surface area contributed by atoms with Crippen LogP contribution in [-0.2, 0) is 11.4 Å². The number of para-hydroxylation sites is 1. The van der Waals surface area contributed by atoms with E-state index in [2.05, 4.69) is 46.7 Å². The van der Waals surface area contributed by atoms with E-state index in [9.17, 15) is 4.79 Å². The lowest BCUT2D eigenvalue weighted by molar-refractivity contribution is -0.115. The predicted octanol–water partition coefficient (Wildman–Crippen LogP) is 4.77. The fraction of sp³-hybridized carbons (Fsp3) is 0.273. The molecule has 0 saturated carbocycles. The highest BCUT2D eigenvalue weighted by atomic mass is 32.2. The molecule has 6 heteroatoms. The number of aromatic nitrogens is 2. The third-order valence-corrected chi connectivity index (χ3v) is 6.27. The Bertz CT molecular complexity index is 1010. The number of nitrogens with zero attached hydrogens (tertiary/aromatic N) is 1. The van der Waals surface area contributed by atoms with Crippen LogP contribution in [0.15, 0.2) is 48.5 Å². The van der Waals surface area contributed by atoms with Gasteiger partial charge in [-0.2, -0.15) is 5.10 Å². The molecule has 2 aromatic carbocycles. The summed E-state index contributed by atoms with van der Waals surface area (Å²) in [4.78, 5) is 12.4. The van der Waals surface area contributed by atoms with Gasteiger partial charge >= 0.3 is 0 Å². The van der Waals surface area contributed by atoms with E-state index in [1.54, 1.807) is 11.8 Å². The van der Waals surface area contributed by atoms with Gasteiger partial charge in [0.1, 0.15) is 12.4 Å². The van der Waals surface area contributed by atoms with E-state index in [4.69, 9.17) is 4.74 Å². The molecular weight excluding hydrogens is 370 g/mol. The smallest absolute Gasteiger partial charge is 0.238 e. The Morgan fingerprint density at radius 3 is 2.79 bits per heavy atom. The van der Waals surface area contributed by atoms with Gasteiger partial charge in [0, 0.05) is 16.8 Å². The molecule has 0 saturated heterocycles. The van der Waals surface area contributed by atoms with Gasteiger partial charge in [-0.25, -0.2) is 0 Å². The second-order valence-electron chi connectivity index (χ2n) is 7.07. The summed E-state index contributed by atoms with van der Waals surface area (Å²) in [5, 5.41) is 10.0. The minimum atomic E-state index is -0.191. The first-order chi connectivity index (χ1) is 13.5. The standard InChI is InChI=1S/C22H23N3O2S/c1-13-7-6-8-16(11-13)12-27-18-10-5-4-9-17(18)20-19-14(2)24-25-21(19)23-22(26)15(3)28-20/h4-11,15,20H,12H2,1-3H3,(H2,23,24,25,26). The highest BCUT2D eigenvalue weighted by molar-refractivity contribution is 8.01. The third-order valence-electron chi connectivity index (χ3n) is 4.89. The number of carbonyl (C=O) groups excluding carboxylic acids is 1. The molecule has 4 rings (SSSR count). The van der Waals surface area contributed by atoms with Crippen molar-refractivity contribution in [1.82, 2.24) is 10.2 Å². The Morgan fingerprint density at radius 1 is 1.14 bits per heavy atom. The molecule has 2 atom stereocenters. The first kappa shape index (κ1) is 18.6. The van der Waals surface area contributed by atoms with E-state index in [0.29, 0.717) is 12.4 Å². The van der Waals surface area contributed by atoms with Crippen LogP contribution in [0, 0.1) is 13.8 Å². The summed E-state index contributed by atoms with van der Waals surface area (Å²) in [6.45, 7) is 6.49. The normalized spacial score (nSPS) is 18.9. The third kappa shape index (κ3) is 3.64. The zero-order valence-corrected chi connectivity index (χ0v) is 17.0. The highest BCUT2D eigenvalue weighted by Gasteiger charge is 2.33. The van der Waals surface area contributed by atoms with Gasteiger partial charge in [-0.3, -0.25) is 9.89 Å². The van der Waals surface area contributed by atoms with Crippen molar-refractivity contribution in [3.05, 3.63) is 76.5 Å². The second kappa shape index (κ2) is 7.72. The van der Waals surface area contributed by atoms with Crippen molar-refractivity contribution in [2.75, 3.05) is 5.32 Å². The molecule has 5 nitrogen and oxygen atoms in total. The van der Waals surface area contributed by atoms with Gasteiger partial charge in [0.2, 0.25) is 5.91 Å². The fourth-order valence-electron chi connectivity index (χ4n) is 3.43. The van der Waals surface area contributed by atoms with Gasteiger partial charge in [-0.1, -0.05) is 48.0 Å². The monoisotopic (exact) mass is 393 g/mol. The summed E-state index contributed by atoms with van der Waals surface area (Å²) < 4.78 is 6.22. The Hall–Kier alpha value is -2.73. The van der Waals surface area contributed by atoms with Gasteiger partial charge in [0.15, 0.2) is 5.82 Å². The minimum absolute atomic E-state index is 0.0292. The Kier molecular flexibility index (Phi) is 5.13. The molecule has 1 aliphatic rings. The number of nitrogens with one attached hydrogen (secondary N) is 2. The summed E-state index contributed by atoms with van der Waals surface area (Å²) in [6.07, 6.45) is 0. The number of H-pyrrole nitrogens is 1. The van der Waals surface area contributed by atoms with Crippen LogP contribution in [0.25, 0.3) is 0 Å². The topological polar surface area (TPSA) is 67.0 Å². The lowest BCUT2D eigenvalue weighted by atomic mass is 10.0. The lowest BCUT2D eigenvalue weighted by Gasteiger charge is -2.21. The summed E-state index contributed by atoms with van der Waals surface area (Å²) in [5.74, 6) is 1.41. The average Bonchev–Trinajstić information content (AvgIpc) is 2.98. The van der Waals surface area contributed by atoms with Crippen molar-refractivity contribution in [3.63, 3.8) is 0 Å². The van der Waals surface area contributed by atoms with Crippen molar-refractivity contribution in [1.29, 1.82) is 0 Å².